The molecule has 0 saturated heterocycles. The van der Waals surface area contributed by atoms with E-state index in [0.29, 0.717) is 6.54 Å². The van der Waals surface area contributed by atoms with Crippen LogP contribution >= 0.6 is 0 Å². The first-order valence-corrected chi connectivity index (χ1v) is 6.64. The molecule has 0 heterocycles. The van der Waals surface area contributed by atoms with Crippen LogP contribution in [0.25, 0.3) is 0 Å². The Balaban J connectivity index is 2.56. The fourth-order valence-corrected chi connectivity index (χ4v) is 1.85. The summed E-state index contributed by atoms with van der Waals surface area (Å²) in [5.41, 5.74) is 0.603. The van der Waals surface area contributed by atoms with Crippen LogP contribution in [-0.2, 0) is 0 Å². The van der Waals surface area contributed by atoms with Gasteiger partial charge in [-0.1, -0.05) is 26.0 Å². The molecule has 18 heavy (non-hydrogen) atoms. The molecule has 3 nitrogen and oxygen atoms in total. The van der Waals surface area contributed by atoms with E-state index in [9.17, 15) is 5.11 Å². The molecule has 102 valence electrons. The van der Waals surface area contributed by atoms with Gasteiger partial charge in [0.05, 0.1) is 12.7 Å². The van der Waals surface area contributed by atoms with Crippen LogP contribution in [0.4, 0.5) is 0 Å². The third-order valence-electron chi connectivity index (χ3n) is 3.67. The minimum absolute atomic E-state index is 0.223. The molecule has 1 rings (SSSR count). The SMILES string of the molecule is CCC(O)(CC)CN[C@H](C)c1ccc(OC)cc1. The Bertz CT molecular complexity index is 344. The molecule has 0 radical (unpaired) electrons. The minimum atomic E-state index is -0.596. The first-order valence-electron chi connectivity index (χ1n) is 6.64. The van der Waals surface area contributed by atoms with Crippen molar-refractivity contribution < 1.29 is 9.84 Å². The Hall–Kier alpha value is -1.06. The molecule has 0 aliphatic carbocycles. The van der Waals surface area contributed by atoms with Crippen molar-refractivity contribution in [3.8, 4) is 5.75 Å². The highest BCUT2D eigenvalue weighted by Gasteiger charge is 2.22. The van der Waals surface area contributed by atoms with Crippen molar-refractivity contribution in [3.63, 3.8) is 0 Å². The number of ether oxygens (including phenoxy) is 1. The van der Waals surface area contributed by atoms with E-state index in [1.807, 2.05) is 38.1 Å². The average molecular weight is 251 g/mol. The second-order valence-corrected chi connectivity index (χ2v) is 4.81. The molecule has 0 aromatic heterocycles. The third-order valence-corrected chi connectivity index (χ3v) is 3.67. The monoisotopic (exact) mass is 251 g/mol. The van der Waals surface area contributed by atoms with Gasteiger partial charge in [-0.15, -0.1) is 0 Å². The summed E-state index contributed by atoms with van der Waals surface area (Å²) in [5, 5.41) is 13.6. The van der Waals surface area contributed by atoms with Gasteiger partial charge in [0.2, 0.25) is 0 Å². The van der Waals surface area contributed by atoms with E-state index >= 15 is 0 Å². The quantitative estimate of drug-likeness (QED) is 0.783. The summed E-state index contributed by atoms with van der Waals surface area (Å²) < 4.78 is 5.14. The molecule has 2 N–H and O–H groups in total. The number of methoxy groups -OCH3 is 1. The standard InChI is InChI=1S/C15H25NO2/c1-5-15(17,6-2)11-16-12(3)13-7-9-14(18-4)10-8-13/h7-10,12,16-17H,5-6,11H2,1-4H3/t12-/m1/s1. The maximum atomic E-state index is 10.2. The van der Waals surface area contributed by atoms with Gasteiger partial charge in [0.1, 0.15) is 5.75 Å². The Morgan fingerprint density at radius 1 is 1.22 bits per heavy atom. The van der Waals surface area contributed by atoms with Crippen LogP contribution < -0.4 is 10.1 Å². The number of nitrogens with one attached hydrogen (secondary N) is 1. The van der Waals surface area contributed by atoms with Gasteiger partial charge in [-0.3, -0.25) is 0 Å². The minimum Gasteiger partial charge on any atom is -0.497 e. The van der Waals surface area contributed by atoms with Gasteiger partial charge in [-0.2, -0.15) is 0 Å². The third kappa shape index (κ3) is 4.00. The van der Waals surface area contributed by atoms with Crippen molar-refractivity contribution in [2.45, 2.75) is 45.3 Å². The van der Waals surface area contributed by atoms with Crippen LogP contribution in [0.1, 0.15) is 45.2 Å². The van der Waals surface area contributed by atoms with Crippen LogP contribution in [0.15, 0.2) is 24.3 Å². The Labute approximate surface area is 110 Å². The summed E-state index contributed by atoms with van der Waals surface area (Å²) in [7, 11) is 1.67. The van der Waals surface area contributed by atoms with Crippen LogP contribution in [0.5, 0.6) is 5.75 Å². The average Bonchev–Trinajstić information content (AvgIpc) is 2.44. The summed E-state index contributed by atoms with van der Waals surface area (Å²) in [6.07, 6.45) is 1.54. The van der Waals surface area contributed by atoms with Gasteiger partial charge in [0.25, 0.3) is 0 Å². The van der Waals surface area contributed by atoms with Crippen molar-refractivity contribution in [3.05, 3.63) is 29.8 Å². The predicted octanol–water partition coefficient (Wildman–Crippen LogP) is 2.90. The van der Waals surface area contributed by atoms with E-state index in [4.69, 9.17) is 4.74 Å². The second kappa shape index (κ2) is 6.76. The van der Waals surface area contributed by atoms with Crippen molar-refractivity contribution in [1.29, 1.82) is 0 Å². The number of hydrogen-bond donors (Lipinski definition) is 2. The van der Waals surface area contributed by atoms with Gasteiger partial charge < -0.3 is 15.2 Å². The molecule has 0 spiro atoms. The van der Waals surface area contributed by atoms with Gasteiger partial charge in [0.15, 0.2) is 0 Å². The normalized spacial score (nSPS) is 13.4. The van der Waals surface area contributed by atoms with Crippen LogP contribution in [-0.4, -0.2) is 24.4 Å². The fourth-order valence-electron chi connectivity index (χ4n) is 1.85. The molecule has 1 atom stereocenters. The lowest BCUT2D eigenvalue weighted by molar-refractivity contribution is 0.0303. The molecular weight excluding hydrogens is 226 g/mol. The van der Waals surface area contributed by atoms with Crippen molar-refractivity contribution in [1.82, 2.24) is 5.32 Å². The highest BCUT2D eigenvalue weighted by Crippen LogP contribution is 2.19. The van der Waals surface area contributed by atoms with Gasteiger partial charge in [0, 0.05) is 12.6 Å². The summed E-state index contributed by atoms with van der Waals surface area (Å²) in [6.45, 7) is 6.76. The molecule has 3 heteroatoms. The lowest BCUT2D eigenvalue weighted by Crippen LogP contribution is -2.40. The largest absolute Gasteiger partial charge is 0.497 e. The molecule has 0 aliphatic rings. The topological polar surface area (TPSA) is 41.5 Å². The van der Waals surface area contributed by atoms with E-state index in [0.717, 1.165) is 18.6 Å². The second-order valence-electron chi connectivity index (χ2n) is 4.81. The summed E-state index contributed by atoms with van der Waals surface area (Å²) in [5.74, 6) is 0.865. The summed E-state index contributed by atoms with van der Waals surface area (Å²) >= 11 is 0. The van der Waals surface area contributed by atoms with Crippen molar-refractivity contribution in [2.24, 2.45) is 0 Å². The van der Waals surface area contributed by atoms with Gasteiger partial charge in [-0.25, -0.2) is 0 Å². The van der Waals surface area contributed by atoms with E-state index in [2.05, 4.69) is 12.2 Å². The van der Waals surface area contributed by atoms with E-state index < -0.39 is 5.60 Å². The summed E-state index contributed by atoms with van der Waals surface area (Å²) in [6, 6.07) is 8.24. The van der Waals surface area contributed by atoms with Crippen LogP contribution in [0, 0.1) is 0 Å². The van der Waals surface area contributed by atoms with E-state index in [1.54, 1.807) is 7.11 Å². The predicted molar refractivity (Wildman–Crippen MR) is 74.9 cm³/mol. The Morgan fingerprint density at radius 3 is 2.22 bits per heavy atom. The zero-order valence-electron chi connectivity index (χ0n) is 11.9. The first-order chi connectivity index (χ1) is 8.54. The van der Waals surface area contributed by atoms with Crippen LogP contribution in [0.2, 0.25) is 0 Å². The molecule has 0 saturated carbocycles. The molecule has 0 amide bonds. The van der Waals surface area contributed by atoms with Crippen LogP contribution in [0.3, 0.4) is 0 Å². The number of benzene rings is 1. The lowest BCUT2D eigenvalue weighted by Gasteiger charge is -2.27. The number of rotatable bonds is 7. The smallest absolute Gasteiger partial charge is 0.118 e. The lowest BCUT2D eigenvalue weighted by atomic mass is 9.96. The van der Waals surface area contributed by atoms with Gasteiger partial charge in [-0.05, 0) is 37.5 Å². The maximum Gasteiger partial charge on any atom is 0.118 e. The number of hydrogen-bond acceptors (Lipinski definition) is 3. The zero-order valence-corrected chi connectivity index (χ0v) is 11.9. The van der Waals surface area contributed by atoms with E-state index in [1.165, 1.54) is 5.56 Å². The van der Waals surface area contributed by atoms with Gasteiger partial charge >= 0.3 is 0 Å². The Morgan fingerprint density at radius 2 is 1.78 bits per heavy atom. The first kappa shape index (κ1) is 15.0. The molecule has 1 aromatic rings. The highest BCUT2D eigenvalue weighted by molar-refractivity contribution is 5.28. The van der Waals surface area contributed by atoms with E-state index in [-0.39, 0.29) is 6.04 Å². The van der Waals surface area contributed by atoms with Crippen molar-refractivity contribution in [2.75, 3.05) is 13.7 Å². The highest BCUT2D eigenvalue weighted by atomic mass is 16.5. The fraction of sp³-hybridized carbons (Fsp3) is 0.600. The maximum absolute atomic E-state index is 10.2. The van der Waals surface area contributed by atoms with Crippen molar-refractivity contribution >= 4 is 0 Å². The number of aliphatic hydroxyl groups is 1. The Kier molecular flexibility index (Phi) is 5.63. The molecule has 0 aliphatic heterocycles. The molecule has 1 aromatic carbocycles. The summed E-state index contributed by atoms with van der Waals surface area (Å²) in [4.78, 5) is 0. The molecule has 0 unspecified atom stereocenters. The molecule has 0 fully saturated rings. The zero-order chi connectivity index (χ0) is 13.6. The molecule has 0 bridgehead atoms. The molecular formula is C15H25NO2.